The molecule has 4 aromatic rings. The van der Waals surface area contributed by atoms with Crippen LogP contribution in [0.15, 0.2) is 71.1 Å². The average Bonchev–Trinajstić information content (AvgIpc) is 3.51. The Morgan fingerprint density at radius 3 is 2.12 bits per heavy atom. The zero-order chi connectivity index (χ0) is 21.8. The van der Waals surface area contributed by atoms with E-state index >= 15 is 0 Å². The summed E-state index contributed by atoms with van der Waals surface area (Å²) in [6, 6.07) is 21.0. The third kappa shape index (κ3) is 2.73. The fourth-order valence-electron chi connectivity index (χ4n) is 4.87. The Hall–Kier alpha value is -4.06. The lowest BCUT2D eigenvalue weighted by molar-refractivity contribution is 0.0582. The fourth-order valence-corrected chi connectivity index (χ4v) is 4.87. The van der Waals surface area contributed by atoms with Crippen LogP contribution in [0.5, 0.6) is 0 Å². The van der Waals surface area contributed by atoms with Gasteiger partial charge in [0.15, 0.2) is 0 Å². The minimum absolute atomic E-state index is 0.201. The van der Waals surface area contributed by atoms with Crippen molar-refractivity contribution in [2.24, 2.45) is 0 Å². The van der Waals surface area contributed by atoms with E-state index in [0.29, 0.717) is 22.9 Å². The number of imide groups is 1. The molecule has 6 rings (SSSR count). The van der Waals surface area contributed by atoms with E-state index in [1.165, 1.54) is 10.5 Å². The third-order valence-corrected chi connectivity index (χ3v) is 6.35. The topological polar surface area (TPSA) is 76.3 Å². The second-order valence-electron chi connectivity index (χ2n) is 8.16. The Balaban J connectivity index is 1.35. The Labute approximate surface area is 184 Å². The van der Waals surface area contributed by atoms with E-state index in [1.54, 1.807) is 31.2 Å². The number of carbonyl (C=O) groups excluding carboxylic acids is 2. The summed E-state index contributed by atoms with van der Waals surface area (Å²) in [6.07, 6.45) is 1.55. The van der Waals surface area contributed by atoms with E-state index < -0.39 is 0 Å². The smallest absolute Gasteiger partial charge is 0.262 e. The summed E-state index contributed by atoms with van der Waals surface area (Å²) in [5, 5.41) is 7.96. The van der Waals surface area contributed by atoms with Gasteiger partial charge in [-0.05, 0) is 59.4 Å². The van der Waals surface area contributed by atoms with E-state index in [4.69, 9.17) is 4.42 Å². The van der Waals surface area contributed by atoms with Gasteiger partial charge in [0, 0.05) is 12.5 Å². The molecule has 6 heteroatoms. The monoisotopic (exact) mass is 421 g/mol. The van der Waals surface area contributed by atoms with Crippen molar-refractivity contribution in [1.29, 1.82) is 0 Å². The number of nitrogens with zero attached hydrogens (tertiary/aromatic N) is 3. The molecule has 0 N–H and O–H groups in total. The summed E-state index contributed by atoms with van der Waals surface area (Å²) in [5.41, 5.74) is 6.29. The van der Waals surface area contributed by atoms with Crippen molar-refractivity contribution in [2.45, 2.75) is 25.8 Å². The molecule has 2 aliphatic rings. The van der Waals surface area contributed by atoms with Crippen molar-refractivity contribution >= 4 is 11.8 Å². The van der Waals surface area contributed by atoms with Gasteiger partial charge in [-0.3, -0.25) is 14.5 Å². The van der Waals surface area contributed by atoms with Gasteiger partial charge >= 0.3 is 0 Å². The summed E-state index contributed by atoms with van der Waals surface area (Å²) in [5.74, 6) is 0.628. The molecule has 3 aromatic carbocycles. The Kier molecular flexibility index (Phi) is 4.08. The number of amides is 2. The predicted octanol–water partition coefficient (Wildman–Crippen LogP) is 5.00. The molecule has 0 fully saturated rings. The highest BCUT2D eigenvalue weighted by Gasteiger charge is 2.42. The molecular formula is C26H19N3O3. The maximum absolute atomic E-state index is 13.0. The van der Waals surface area contributed by atoms with Crippen molar-refractivity contribution in [3.8, 4) is 22.6 Å². The molecule has 32 heavy (non-hydrogen) atoms. The maximum atomic E-state index is 13.0. The van der Waals surface area contributed by atoms with Crippen LogP contribution < -0.4 is 0 Å². The number of fused-ring (bicyclic) bond motifs is 2. The first-order chi connectivity index (χ1) is 15.6. The average molecular weight is 421 g/mol. The van der Waals surface area contributed by atoms with Crippen molar-refractivity contribution in [3.05, 3.63) is 94.9 Å². The van der Waals surface area contributed by atoms with Gasteiger partial charge in [-0.15, -0.1) is 10.2 Å². The molecule has 2 heterocycles. The normalized spacial score (nSPS) is 17.0. The van der Waals surface area contributed by atoms with Crippen LogP contribution in [0, 0.1) is 6.92 Å². The van der Waals surface area contributed by atoms with Crippen LogP contribution in [0.2, 0.25) is 0 Å². The molecule has 0 saturated carbocycles. The number of aryl methyl sites for hydroxylation is 1. The summed E-state index contributed by atoms with van der Waals surface area (Å²) >= 11 is 0. The molecule has 1 aliphatic heterocycles. The molecule has 1 unspecified atom stereocenters. The van der Waals surface area contributed by atoms with Gasteiger partial charge < -0.3 is 4.42 Å². The summed E-state index contributed by atoms with van der Waals surface area (Å²) in [7, 11) is 0. The lowest BCUT2D eigenvalue weighted by atomic mass is 9.95. The molecule has 6 nitrogen and oxygen atoms in total. The first kappa shape index (κ1) is 18.7. The zero-order valence-electron chi connectivity index (χ0n) is 17.4. The molecule has 0 bridgehead atoms. The lowest BCUT2D eigenvalue weighted by Gasteiger charge is -2.23. The van der Waals surface area contributed by atoms with Crippen molar-refractivity contribution in [3.63, 3.8) is 0 Å². The number of benzene rings is 3. The molecular weight excluding hydrogens is 402 g/mol. The highest BCUT2D eigenvalue weighted by Crippen LogP contribution is 2.43. The second-order valence-corrected chi connectivity index (χ2v) is 8.16. The van der Waals surface area contributed by atoms with Crippen LogP contribution in [0.1, 0.15) is 50.2 Å². The van der Waals surface area contributed by atoms with E-state index in [-0.39, 0.29) is 17.9 Å². The number of carbonyl (C=O) groups is 2. The predicted molar refractivity (Wildman–Crippen MR) is 118 cm³/mol. The quantitative estimate of drug-likeness (QED) is 0.435. The number of aromatic nitrogens is 2. The minimum Gasteiger partial charge on any atom is -0.421 e. The molecule has 0 spiro atoms. The summed E-state index contributed by atoms with van der Waals surface area (Å²) in [6.45, 7) is 1.77. The molecule has 1 aromatic heterocycles. The van der Waals surface area contributed by atoms with Gasteiger partial charge in [0.05, 0.1) is 17.2 Å². The van der Waals surface area contributed by atoms with Crippen molar-refractivity contribution < 1.29 is 14.0 Å². The van der Waals surface area contributed by atoms with Gasteiger partial charge in [0.25, 0.3) is 11.8 Å². The van der Waals surface area contributed by atoms with E-state index in [9.17, 15) is 9.59 Å². The van der Waals surface area contributed by atoms with Crippen LogP contribution in [0.4, 0.5) is 0 Å². The Morgan fingerprint density at radius 2 is 1.47 bits per heavy atom. The van der Waals surface area contributed by atoms with Crippen LogP contribution in [0.3, 0.4) is 0 Å². The van der Waals surface area contributed by atoms with Crippen LogP contribution in [0.25, 0.3) is 22.6 Å². The first-order valence-corrected chi connectivity index (χ1v) is 10.6. The highest BCUT2D eigenvalue weighted by molar-refractivity contribution is 6.21. The van der Waals surface area contributed by atoms with Crippen LogP contribution in [-0.2, 0) is 6.42 Å². The SMILES string of the molecule is Cc1nnc(-c2ccc(-c3cccc4c3CCC4N3C(=O)c4ccccc4C3=O)cc2)o1. The number of rotatable bonds is 3. The Morgan fingerprint density at radius 1 is 0.812 bits per heavy atom. The zero-order valence-corrected chi connectivity index (χ0v) is 17.4. The molecule has 156 valence electrons. The Bertz CT molecular complexity index is 1350. The lowest BCUT2D eigenvalue weighted by Crippen LogP contribution is -2.33. The standard InChI is InChI=1S/C26H19N3O3/c1-15-27-28-24(32-15)17-11-9-16(10-12-17)18-7-4-8-20-19(18)13-14-23(20)29-25(30)21-5-2-3-6-22(21)26(29)31/h2-12,23H,13-14H2,1H3. The van der Waals surface area contributed by atoms with Gasteiger partial charge in [0.1, 0.15) is 0 Å². The largest absolute Gasteiger partial charge is 0.421 e. The van der Waals surface area contributed by atoms with E-state index in [1.807, 2.05) is 36.4 Å². The fraction of sp³-hybridized carbons (Fsp3) is 0.154. The molecule has 0 radical (unpaired) electrons. The first-order valence-electron chi connectivity index (χ1n) is 10.6. The van der Waals surface area contributed by atoms with E-state index in [0.717, 1.165) is 35.1 Å². The van der Waals surface area contributed by atoms with Crippen molar-refractivity contribution in [1.82, 2.24) is 15.1 Å². The summed E-state index contributed by atoms with van der Waals surface area (Å²) < 4.78 is 5.52. The van der Waals surface area contributed by atoms with Gasteiger partial charge in [-0.1, -0.05) is 42.5 Å². The van der Waals surface area contributed by atoms with Crippen molar-refractivity contribution in [2.75, 3.05) is 0 Å². The molecule has 2 amide bonds. The molecule has 1 atom stereocenters. The van der Waals surface area contributed by atoms with E-state index in [2.05, 4.69) is 16.3 Å². The van der Waals surface area contributed by atoms with Gasteiger partial charge in [0.2, 0.25) is 11.8 Å². The third-order valence-electron chi connectivity index (χ3n) is 6.35. The molecule has 1 aliphatic carbocycles. The van der Waals surface area contributed by atoms with Gasteiger partial charge in [-0.25, -0.2) is 0 Å². The second kappa shape index (κ2) is 6.99. The highest BCUT2D eigenvalue weighted by atomic mass is 16.4. The number of hydrogen-bond donors (Lipinski definition) is 0. The minimum atomic E-state index is -0.238. The van der Waals surface area contributed by atoms with Crippen LogP contribution >= 0.6 is 0 Å². The van der Waals surface area contributed by atoms with Gasteiger partial charge in [-0.2, -0.15) is 0 Å². The molecule has 0 saturated heterocycles. The maximum Gasteiger partial charge on any atom is 0.262 e. The van der Waals surface area contributed by atoms with Crippen LogP contribution in [-0.4, -0.2) is 26.9 Å². The number of hydrogen-bond acceptors (Lipinski definition) is 5. The summed E-state index contributed by atoms with van der Waals surface area (Å²) in [4.78, 5) is 27.5.